The molecule has 0 aromatic heterocycles. The average Bonchev–Trinajstić information content (AvgIpc) is 0.752. The Hall–Kier alpha value is -11.5. The van der Waals surface area contributed by atoms with Crippen LogP contribution in [0.3, 0.4) is 0 Å². The van der Waals surface area contributed by atoms with E-state index in [1.54, 1.807) is 0 Å². The Balaban J connectivity index is 0.860. The molecule has 12 aromatic carbocycles. The zero-order valence-electron chi connectivity index (χ0n) is 80.4. The molecule has 5 heterocycles. The summed E-state index contributed by atoms with van der Waals surface area (Å²) < 4.78 is 169. The smallest absolute Gasteiger partial charge is 0.302 e. The number of benzene rings is 12. The third-order valence-electron chi connectivity index (χ3n) is 25.4. The summed E-state index contributed by atoms with van der Waals surface area (Å²) in [6, 6.07) is 116. The molecule has 17 rings (SSSR count). The van der Waals surface area contributed by atoms with Crippen LogP contribution in [0.5, 0.6) is 0 Å². The molecule has 5 fully saturated rings. The van der Waals surface area contributed by atoms with Crippen molar-refractivity contribution < 1.29 is 119 Å². The number of ether oxygens (including phenoxy) is 23. The van der Waals surface area contributed by atoms with Gasteiger partial charge >= 0.3 is 5.97 Å². The molecule has 5 aliphatic rings. The molecule has 28 nitrogen and oxygen atoms in total. The van der Waals surface area contributed by atoms with Crippen molar-refractivity contribution in [2.75, 3.05) is 46.2 Å². The second-order valence-corrected chi connectivity index (χ2v) is 35.8. The summed E-state index contributed by atoms with van der Waals surface area (Å²) >= 11 is 0. The average molecular weight is 1960 g/mol. The Morgan fingerprint density at radius 3 is 0.840 bits per heavy atom. The molecule has 12 aromatic rings. The zero-order chi connectivity index (χ0) is 98.3. The summed E-state index contributed by atoms with van der Waals surface area (Å²) in [6.07, 6.45) is -31.5. The van der Waals surface area contributed by atoms with E-state index in [2.05, 4.69) is 10.0 Å². The van der Waals surface area contributed by atoms with Crippen molar-refractivity contribution in [3.8, 4) is 0 Å². The Labute approximate surface area is 840 Å². The van der Waals surface area contributed by atoms with Crippen LogP contribution in [0.25, 0.3) is 10.4 Å². The number of esters is 1. The van der Waals surface area contributed by atoms with Gasteiger partial charge in [-0.3, -0.25) is 4.79 Å². The van der Waals surface area contributed by atoms with Gasteiger partial charge < -0.3 is 114 Å². The van der Waals surface area contributed by atoms with Crippen LogP contribution in [0.15, 0.2) is 369 Å². The van der Waals surface area contributed by atoms with Crippen molar-refractivity contribution in [1.29, 1.82) is 0 Å². The minimum atomic E-state index is -1.84. The van der Waals surface area contributed by atoms with Crippen LogP contribution in [0.1, 0.15) is 73.7 Å². The molecular weight excluding hydrogens is 1840 g/mol. The highest BCUT2D eigenvalue weighted by molar-refractivity contribution is 5.66. The molecule has 0 saturated carbocycles. The SMILES string of the molecule is CC(=O)OC[C@H]1O[C@H](O[C@@H]2[C@H](OCc3ccccc3)[C@@H](OCCN=[N+]=[N-])O[C@H](COCc3ccccc3)[C@H]2OCc2ccccc2)[C@@H](O[C@@H]2OC[C@@H](OCc3ccccc3)[C@H](OCc3ccccc3)[C@H]2OCc2ccccc2)[C@@H](O[C@H]2O[C@H](COCc3ccccc3)[C@@H](OCc3ccccc3)[C@H](O)[C@@H]2O[C@@H]2OC[C@@H](OCc3ccccc3)[C@H](OCc3ccccc3)[C@H]2OCc2ccccc2)[C@@H]1OCc1ccccc1. The molecule has 28 heteroatoms. The van der Waals surface area contributed by atoms with E-state index >= 15 is 0 Å². The van der Waals surface area contributed by atoms with E-state index in [0.717, 1.165) is 61.2 Å². The van der Waals surface area contributed by atoms with Gasteiger partial charge in [0.2, 0.25) is 0 Å². The van der Waals surface area contributed by atoms with E-state index < -0.39 is 154 Å². The maximum atomic E-state index is 14.5. The third-order valence-corrected chi connectivity index (χ3v) is 25.4. The van der Waals surface area contributed by atoms with Crippen LogP contribution < -0.4 is 0 Å². The molecule has 0 radical (unpaired) electrons. The van der Waals surface area contributed by atoms with Crippen LogP contribution in [0, 0.1) is 0 Å². The highest BCUT2D eigenvalue weighted by Crippen LogP contribution is 2.43. The third kappa shape index (κ3) is 30.6. The standard InChI is InChI=1S/C116H125N3O25/c1-81(120)125-80-98-104(132-72-90-54-30-10-31-55-90)107(143-115-105(99(121)100(128-68-86-46-22-6-23-47-86)96(139-115)76-122-64-82-38-14-2-15-39-82)141-113-108(133-73-91-56-32-11-33-57-91)101(129-69-87-48-24-7-25-49-87)94(78-136-113)126-66-84-42-18-4-19-43-84)111(144-114-109(134-74-92-58-34-12-35-59-92)102(130-70-88-50-26-8-27-51-88)95(79-137-114)127-67-85-44-20-5-21-45-85)116(140-98)142-106-103(131-71-89-52-28-9-29-53-89)97(77-123-65-83-40-16-3-17-41-83)138-112(124-63-62-118-119-117)110(106)135-75-93-60-36-13-37-61-93/h2-61,94-116,121H,62-80H2,1H3/t94-,95-,96-,97-,98-,99+,100-,101+,102+,103-,104-,105+,106+,107+,108-,109-,110+,111+,112+,113+,114+,115-,116-/m1/s1. The normalized spacial score (nSPS) is 26.4. The highest BCUT2D eigenvalue weighted by Gasteiger charge is 2.60. The maximum absolute atomic E-state index is 14.5. The van der Waals surface area contributed by atoms with Crippen molar-refractivity contribution in [2.45, 2.75) is 228 Å². The van der Waals surface area contributed by atoms with Gasteiger partial charge in [-0.25, -0.2) is 0 Å². The van der Waals surface area contributed by atoms with Crippen LogP contribution in [0.4, 0.5) is 0 Å². The van der Waals surface area contributed by atoms with E-state index in [0.29, 0.717) is 5.56 Å². The Kier molecular flexibility index (Phi) is 40.2. The number of aliphatic hydroxyl groups excluding tert-OH is 1. The summed E-state index contributed by atoms with van der Waals surface area (Å²) in [6.45, 7) is 0.370. The molecule has 0 bridgehead atoms. The van der Waals surface area contributed by atoms with E-state index in [4.69, 9.17) is 109 Å². The Bertz CT molecular complexity index is 5670. The van der Waals surface area contributed by atoms with Gasteiger partial charge in [-0.05, 0) is 72.3 Å². The fraction of sp³-hybridized carbons (Fsp3) is 0.371. The van der Waals surface area contributed by atoms with Crippen LogP contribution in [-0.4, -0.2) is 199 Å². The van der Waals surface area contributed by atoms with Gasteiger partial charge in [-0.1, -0.05) is 369 Å². The Morgan fingerprint density at radius 2 is 0.521 bits per heavy atom. The van der Waals surface area contributed by atoms with Crippen molar-refractivity contribution in [2.24, 2.45) is 5.11 Å². The quantitative estimate of drug-likeness (QED) is 0.0122. The predicted octanol–water partition coefficient (Wildman–Crippen LogP) is 18.0. The van der Waals surface area contributed by atoms with Gasteiger partial charge in [-0.2, -0.15) is 0 Å². The number of hydrogen-bond donors (Lipinski definition) is 1. The van der Waals surface area contributed by atoms with Crippen molar-refractivity contribution in [3.63, 3.8) is 0 Å². The molecule has 0 aliphatic carbocycles. The number of rotatable bonds is 52. The first kappa shape index (κ1) is 104. The minimum Gasteiger partial charge on any atom is -0.463 e. The molecular formula is C116H125N3O25. The highest BCUT2D eigenvalue weighted by atomic mass is 16.8. The molecule has 0 amide bonds. The summed E-state index contributed by atoms with van der Waals surface area (Å²) in [7, 11) is 0. The molecule has 144 heavy (non-hydrogen) atoms. The molecule has 0 unspecified atom stereocenters. The first-order valence-corrected chi connectivity index (χ1v) is 49.2. The van der Waals surface area contributed by atoms with Crippen molar-refractivity contribution in [1.82, 2.24) is 0 Å². The number of azide groups is 1. The van der Waals surface area contributed by atoms with Crippen molar-refractivity contribution >= 4 is 5.97 Å². The second-order valence-electron chi connectivity index (χ2n) is 35.8. The van der Waals surface area contributed by atoms with E-state index in [1.807, 2.05) is 364 Å². The number of aliphatic hydroxyl groups is 1. The van der Waals surface area contributed by atoms with Crippen LogP contribution in [0.2, 0.25) is 0 Å². The predicted molar refractivity (Wildman–Crippen MR) is 530 cm³/mol. The molecule has 23 atom stereocenters. The second kappa shape index (κ2) is 55.7. The lowest BCUT2D eigenvalue weighted by molar-refractivity contribution is -0.417. The van der Waals surface area contributed by atoms with Gasteiger partial charge in [-0.15, -0.1) is 0 Å². The number of carbonyl (C=O) groups excluding carboxylic acids is 1. The van der Waals surface area contributed by atoms with E-state index in [1.165, 1.54) is 6.92 Å². The van der Waals surface area contributed by atoms with Crippen molar-refractivity contribution in [3.05, 3.63) is 441 Å². The lowest BCUT2D eigenvalue weighted by Crippen LogP contribution is -2.70. The molecule has 0 spiro atoms. The van der Waals surface area contributed by atoms with Gasteiger partial charge in [0.05, 0.1) is 112 Å². The lowest BCUT2D eigenvalue weighted by Gasteiger charge is -2.53. The first-order valence-electron chi connectivity index (χ1n) is 49.2. The lowest BCUT2D eigenvalue weighted by atomic mass is 9.94. The summed E-state index contributed by atoms with van der Waals surface area (Å²) in [5.41, 5.74) is 19.7. The fourth-order valence-corrected chi connectivity index (χ4v) is 18.0. The maximum Gasteiger partial charge on any atom is 0.302 e. The van der Waals surface area contributed by atoms with Gasteiger partial charge in [0.25, 0.3) is 0 Å². The van der Waals surface area contributed by atoms with Gasteiger partial charge in [0.1, 0.15) is 116 Å². The van der Waals surface area contributed by atoms with Crippen LogP contribution >= 0.6 is 0 Å². The zero-order valence-corrected chi connectivity index (χ0v) is 80.4. The van der Waals surface area contributed by atoms with Gasteiger partial charge in [0, 0.05) is 18.4 Å². The number of carbonyl (C=O) groups is 1. The molecule has 5 aliphatic heterocycles. The monoisotopic (exact) mass is 1960 g/mol. The summed E-state index contributed by atoms with van der Waals surface area (Å²) in [5.74, 6) is -0.678. The number of nitrogens with zero attached hydrogens (tertiary/aromatic N) is 3. The van der Waals surface area contributed by atoms with E-state index in [-0.39, 0.29) is 119 Å². The van der Waals surface area contributed by atoms with Crippen LogP contribution in [-0.2, 0) is 193 Å². The first-order chi connectivity index (χ1) is 71.1. The molecule has 754 valence electrons. The topological polar surface area (TPSA) is 298 Å². The van der Waals surface area contributed by atoms with Gasteiger partial charge in [0.15, 0.2) is 31.5 Å². The largest absolute Gasteiger partial charge is 0.463 e. The molecule has 5 saturated heterocycles. The minimum absolute atomic E-state index is 0.0111. The Morgan fingerprint density at radius 1 is 0.278 bits per heavy atom. The fourth-order valence-electron chi connectivity index (χ4n) is 18.0. The summed E-state index contributed by atoms with van der Waals surface area (Å²) in [5, 5.41) is 18.4. The number of hydrogen-bond acceptors (Lipinski definition) is 26. The van der Waals surface area contributed by atoms with E-state index in [9.17, 15) is 15.4 Å². The molecule has 1 N–H and O–H groups in total. The summed E-state index contributed by atoms with van der Waals surface area (Å²) in [4.78, 5) is 17.1.